The molecule has 0 rings (SSSR count). The van der Waals surface area contributed by atoms with Crippen molar-refractivity contribution >= 4 is 11.9 Å². The van der Waals surface area contributed by atoms with Crippen LogP contribution in [0.1, 0.15) is 39.0 Å². The molecule has 0 unspecified atom stereocenters. The van der Waals surface area contributed by atoms with Crippen LogP contribution < -0.4 is 5.73 Å². The Hall–Kier alpha value is -1.32. The van der Waals surface area contributed by atoms with E-state index in [0.29, 0.717) is 6.42 Å². The fourth-order valence-corrected chi connectivity index (χ4v) is 1.11. The molecule has 14 heavy (non-hydrogen) atoms. The molecule has 0 radical (unpaired) electrons. The molecule has 0 aromatic heterocycles. The summed E-state index contributed by atoms with van der Waals surface area (Å²) in [4.78, 5) is 21.1. The Bertz CT molecular complexity index is 218. The summed E-state index contributed by atoms with van der Waals surface area (Å²) in [6, 6.07) is 0. The minimum absolute atomic E-state index is 0.304. The van der Waals surface area contributed by atoms with Crippen LogP contribution in [-0.4, -0.2) is 17.0 Å². The fraction of sp³-hybridized carbons (Fsp3) is 0.600. The summed E-state index contributed by atoms with van der Waals surface area (Å²) >= 11 is 0. The van der Waals surface area contributed by atoms with Gasteiger partial charge in [0.1, 0.15) is 5.57 Å². The molecule has 0 heterocycles. The Morgan fingerprint density at radius 3 is 2.36 bits per heavy atom. The van der Waals surface area contributed by atoms with Gasteiger partial charge in [0.2, 0.25) is 0 Å². The first-order chi connectivity index (χ1) is 6.59. The number of carbonyl (C=O) groups is 2. The zero-order valence-electron chi connectivity index (χ0n) is 8.45. The number of rotatable bonds is 7. The molecule has 0 atom stereocenters. The molecule has 0 saturated heterocycles. The minimum atomic E-state index is -1.24. The zero-order valence-corrected chi connectivity index (χ0v) is 8.45. The first kappa shape index (κ1) is 12.7. The molecule has 80 valence electrons. The number of nitrogens with two attached hydrogens (primary N) is 1. The van der Waals surface area contributed by atoms with Gasteiger partial charge in [-0.05, 0) is 12.8 Å². The fourth-order valence-electron chi connectivity index (χ4n) is 1.11. The molecule has 0 bridgehead atoms. The Morgan fingerprint density at radius 1 is 1.29 bits per heavy atom. The van der Waals surface area contributed by atoms with Crippen LogP contribution in [0.2, 0.25) is 0 Å². The number of allylic oxidation sites excluding steroid dienone is 1. The highest BCUT2D eigenvalue weighted by atomic mass is 16.4. The molecule has 3 N–H and O–H groups in total. The first-order valence-corrected chi connectivity index (χ1v) is 4.82. The zero-order chi connectivity index (χ0) is 11.0. The van der Waals surface area contributed by atoms with E-state index in [1.807, 2.05) is 0 Å². The van der Waals surface area contributed by atoms with Crippen LogP contribution in [0.4, 0.5) is 0 Å². The number of carbonyl (C=O) groups excluding carboxylic acids is 1. The summed E-state index contributed by atoms with van der Waals surface area (Å²) in [5.74, 6) is -2.11. The van der Waals surface area contributed by atoms with Crippen LogP contribution in [0.5, 0.6) is 0 Å². The maximum Gasteiger partial charge on any atom is 0.340 e. The van der Waals surface area contributed by atoms with E-state index in [4.69, 9.17) is 10.8 Å². The molecule has 0 aliphatic rings. The maximum absolute atomic E-state index is 10.6. The van der Waals surface area contributed by atoms with Gasteiger partial charge in [-0.2, -0.15) is 0 Å². The summed E-state index contributed by atoms with van der Waals surface area (Å²) < 4.78 is 0. The van der Waals surface area contributed by atoms with Crippen molar-refractivity contribution in [2.24, 2.45) is 5.73 Å². The molecule has 0 saturated carbocycles. The van der Waals surface area contributed by atoms with Gasteiger partial charge >= 0.3 is 5.97 Å². The SMILES string of the molecule is CCCCCCC=C(C(N)=O)C(=O)O. The van der Waals surface area contributed by atoms with Crippen LogP contribution in [-0.2, 0) is 9.59 Å². The van der Waals surface area contributed by atoms with Crippen molar-refractivity contribution in [2.75, 3.05) is 0 Å². The average molecular weight is 199 g/mol. The lowest BCUT2D eigenvalue weighted by atomic mass is 10.1. The van der Waals surface area contributed by atoms with Gasteiger partial charge in [-0.3, -0.25) is 4.79 Å². The van der Waals surface area contributed by atoms with Crippen molar-refractivity contribution in [3.05, 3.63) is 11.6 Å². The van der Waals surface area contributed by atoms with E-state index in [1.54, 1.807) is 0 Å². The van der Waals surface area contributed by atoms with Gasteiger partial charge < -0.3 is 10.8 Å². The van der Waals surface area contributed by atoms with Crippen LogP contribution in [0.25, 0.3) is 0 Å². The van der Waals surface area contributed by atoms with E-state index in [0.717, 1.165) is 25.7 Å². The second-order valence-corrected chi connectivity index (χ2v) is 3.14. The van der Waals surface area contributed by atoms with E-state index in [9.17, 15) is 9.59 Å². The number of hydrogen-bond donors (Lipinski definition) is 2. The highest BCUT2D eigenvalue weighted by Crippen LogP contribution is 2.05. The minimum Gasteiger partial charge on any atom is -0.478 e. The van der Waals surface area contributed by atoms with Crippen LogP contribution in [0.3, 0.4) is 0 Å². The van der Waals surface area contributed by atoms with Gasteiger partial charge in [0.25, 0.3) is 5.91 Å². The normalized spacial score (nSPS) is 11.4. The molecule has 0 fully saturated rings. The highest BCUT2D eigenvalue weighted by Gasteiger charge is 2.12. The predicted molar refractivity (Wildman–Crippen MR) is 53.7 cm³/mol. The summed E-state index contributed by atoms with van der Waals surface area (Å²) in [6.07, 6.45) is 6.22. The number of amides is 1. The van der Waals surface area contributed by atoms with E-state index in [1.165, 1.54) is 6.08 Å². The van der Waals surface area contributed by atoms with E-state index >= 15 is 0 Å². The summed E-state index contributed by atoms with van der Waals surface area (Å²) in [7, 11) is 0. The van der Waals surface area contributed by atoms with Gasteiger partial charge in [-0.1, -0.05) is 32.3 Å². The van der Waals surface area contributed by atoms with Crippen molar-refractivity contribution in [1.29, 1.82) is 0 Å². The number of carboxylic acid groups (broad SMARTS) is 1. The third kappa shape index (κ3) is 5.35. The molecule has 0 aliphatic heterocycles. The number of hydrogen-bond acceptors (Lipinski definition) is 2. The number of primary amides is 1. The van der Waals surface area contributed by atoms with Gasteiger partial charge in [-0.15, -0.1) is 0 Å². The topological polar surface area (TPSA) is 80.4 Å². The summed E-state index contributed by atoms with van der Waals surface area (Å²) in [6.45, 7) is 2.10. The molecule has 0 aromatic carbocycles. The smallest absolute Gasteiger partial charge is 0.340 e. The monoisotopic (exact) mass is 199 g/mol. The molecule has 4 heteroatoms. The van der Waals surface area contributed by atoms with Crippen LogP contribution >= 0.6 is 0 Å². The third-order valence-corrected chi connectivity index (χ3v) is 1.90. The number of aliphatic carboxylic acids is 1. The Kier molecular flexibility index (Phi) is 6.45. The lowest BCUT2D eigenvalue weighted by Gasteiger charge is -1.97. The molecular formula is C10H17NO3. The van der Waals surface area contributed by atoms with Crippen molar-refractivity contribution in [2.45, 2.75) is 39.0 Å². The van der Waals surface area contributed by atoms with Crippen LogP contribution in [0, 0.1) is 0 Å². The van der Waals surface area contributed by atoms with Gasteiger partial charge in [-0.25, -0.2) is 4.79 Å². The Balaban J connectivity index is 3.93. The van der Waals surface area contributed by atoms with Gasteiger partial charge in [0.15, 0.2) is 0 Å². The van der Waals surface area contributed by atoms with Crippen LogP contribution in [0.15, 0.2) is 11.6 Å². The van der Waals surface area contributed by atoms with Gasteiger partial charge in [0.05, 0.1) is 0 Å². The molecule has 0 aromatic rings. The van der Waals surface area contributed by atoms with Crippen molar-refractivity contribution < 1.29 is 14.7 Å². The van der Waals surface area contributed by atoms with Gasteiger partial charge in [0, 0.05) is 0 Å². The number of unbranched alkanes of at least 4 members (excludes halogenated alkanes) is 4. The molecular weight excluding hydrogens is 182 g/mol. The van der Waals surface area contributed by atoms with Crippen molar-refractivity contribution in [1.82, 2.24) is 0 Å². The molecule has 4 nitrogen and oxygen atoms in total. The lowest BCUT2D eigenvalue weighted by molar-refractivity contribution is -0.134. The number of carboxylic acids is 1. The summed E-state index contributed by atoms with van der Waals surface area (Å²) in [5.41, 5.74) is 4.59. The second-order valence-electron chi connectivity index (χ2n) is 3.14. The van der Waals surface area contributed by atoms with E-state index < -0.39 is 11.9 Å². The third-order valence-electron chi connectivity index (χ3n) is 1.90. The molecule has 0 aliphatic carbocycles. The predicted octanol–water partition coefficient (Wildman–Crippen LogP) is 1.45. The maximum atomic E-state index is 10.6. The van der Waals surface area contributed by atoms with E-state index in [2.05, 4.69) is 6.92 Å². The Labute approximate surface area is 83.8 Å². The molecule has 0 spiro atoms. The standard InChI is InChI=1S/C10H17NO3/c1-2-3-4-5-6-7-8(9(11)12)10(13)14/h7H,2-6H2,1H3,(H2,11,12)(H,13,14). The largest absolute Gasteiger partial charge is 0.478 e. The summed E-state index contributed by atoms with van der Waals surface area (Å²) in [5, 5.41) is 8.58. The van der Waals surface area contributed by atoms with Crippen molar-refractivity contribution in [3.63, 3.8) is 0 Å². The molecule has 1 amide bonds. The quantitative estimate of drug-likeness (QED) is 0.282. The second kappa shape index (κ2) is 7.12. The van der Waals surface area contributed by atoms with E-state index in [-0.39, 0.29) is 5.57 Å². The Morgan fingerprint density at radius 2 is 1.93 bits per heavy atom. The highest BCUT2D eigenvalue weighted by molar-refractivity contribution is 6.14. The average Bonchev–Trinajstić information content (AvgIpc) is 2.09. The lowest BCUT2D eigenvalue weighted by Crippen LogP contribution is -2.20. The first-order valence-electron chi connectivity index (χ1n) is 4.82. The van der Waals surface area contributed by atoms with Crippen molar-refractivity contribution in [3.8, 4) is 0 Å².